The lowest BCUT2D eigenvalue weighted by molar-refractivity contribution is 0.102. The van der Waals surface area contributed by atoms with Crippen molar-refractivity contribution in [3.05, 3.63) is 64.9 Å². The molecule has 2 aromatic carbocycles. The molecule has 0 unspecified atom stereocenters. The van der Waals surface area contributed by atoms with Crippen LogP contribution >= 0.6 is 11.6 Å². The van der Waals surface area contributed by atoms with E-state index in [0.29, 0.717) is 10.7 Å². The summed E-state index contributed by atoms with van der Waals surface area (Å²) in [5.74, 6) is -0.310. The average Bonchev–Trinajstić information content (AvgIpc) is 3.19. The van der Waals surface area contributed by atoms with Crippen LogP contribution in [0.1, 0.15) is 16.1 Å². The van der Waals surface area contributed by atoms with E-state index in [1.54, 1.807) is 12.3 Å². The van der Waals surface area contributed by atoms with Gasteiger partial charge in [0.25, 0.3) is 5.91 Å². The molecule has 0 aliphatic carbocycles. The number of piperazine rings is 1. The van der Waals surface area contributed by atoms with E-state index in [9.17, 15) is 4.79 Å². The van der Waals surface area contributed by atoms with Gasteiger partial charge in [0.2, 0.25) is 0 Å². The zero-order valence-electron chi connectivity index (χ0n) is 16.5. The summed E-state index contributed by atoms with van der Waals surface area (Å²) in [6.45, 7) is 6.19. The highest BCUT2D eigenvalue weighted by Crippen LogP contribution is 2.25. The molecule has 1 saturated heterocycles. The van der Waals surface area contributed by atoms with Crippen molar-refractivity contribution in [2.75, 3.05) is 43.4 Å². The molecule has 0 saturated carbocycles. The molecule has 4 rings (SSSR count). The Hall–Kier alpha value is -2.90. The van der Waals surface area contributed by atoms with Crippen molar-refractivity contribution < 1.29 is 4.79 Å². The molecule has 1 fully saturated rings. The van der Waals surface area contributed by atoms with Crippen molar-refractivity contribution in [3.8, 4) is 5.69 Å². The van der Waals surface area contributed by atoms with Gasteiger partial charge in [-0.25, -0.2) is 4.68 Å². The van der Waals surface area contributed by atoms with Crippen LogP contribution in [0.5, 0.6) is 0 Å². The van der Waals surface area contributed by atoms with Gasteiger partial charge in [-0.1, -0.05) is 28.9 Å². The molecule has 1 amide bonds. The second-order valence-corrected chi connectivity index (χ2v) is 7.65. The van der Waals surface area contributed by atoms with Gasteiger partial charge in [0.1, 0.15) is 0 Å². The van der Waals surface area contributed by atoms with Gasteiger partial charge >= 0.3 is 0 Å². The molecule has 2 heterocycles. The van der Waals surface area contributed by atoms with E-state index in [4.69, 9.17) is 11.6 Å². The van der Waals surface area contributed by atoms with Gasteiger partial charge in [0.15, 0.2) is 5.69 Å². The van der Waals surface area contributed by atoms with Crippen LogP contribution in [0.4, 0.5) is 11.4 Å². The maximum absolute atomic E-state index is 12.6. The van der Waals surface area contributed by atoms with Crippen molar-refractivity contribution in [1.82, 2.24) is 19.9 Å². The van der Waals surface area contributed by atoms with E-state index in [0.717, 1.165) is 37.4 Å². The number of anilines is 2. The molecule has 1 N–H and O–H groups in total. The average molecular weight is 411 g/mol. The molecule has 150 valence electrons. The summed E-state index contributed by atoms with van der Waals surface area (Å²) in [6, 6.07) is 13.3. The lowest BCUT2D eigenvalue weighted by atomic mass is 10.1. The number of aryl methyl sites for hydroxylation is 1. The molecule has 1 aliphatic rings. The number of aromatic nitrogens is 3. The number of halogens is 1. The third-order valence-electron chi connectivity index (χ3n) is 5.12. The number of carbonyl (C=O) groups is 1. The van der Waals surface area contributed by atoms with Crippen LogP contribution in [0, 0.1) is 6.92 Å². The molecule has 1 aromatic heterocycles. The van der Waals surface area contributed by atoms with Crippen LogP contribution in [0.25, 0.3) is 5.69 Å². The van der Waals surface area contributed by atoms with Gasteiger partial charge in [-0.05, 0) is 49.9 Å². The van der Waals surface area contributed by atoms with Gasteiger partial charge in [0, 0.05) is 37.6 Å². The number of rotatable bonds is 4. The first kappa shape index (κ1) is 19.4. The van der Waals surface area contributed by atoms with E-state index in [1.807, 2.05) is 30.3 Å². The fraction of sp³-hybridized carbons (Fsp3) is 0.286. The van der Waals surface area contributed by atoms with Crippen LogP contribution in [-0.2, 0) is 0 Å². The van der Waals surface area contributed by atoms with Gasteiger partial charge in [-0.15, -0.1) is 5.10 Å². The molecule has 8 heteroatoms. The summed E-state index contributed by atoms with van der Waals surface area (Å²) >= 11 is 6.19. The first-order valence-electron chi connectivity index (χ1n) is 9.54. The summed E-state index contributed by atoms with van der Waals surface area (Å²) in [6.07, 6.45) is 1.57. The number of amides is 1. The maximum atomic E-state index is 12.6. The third kappa shape index (κ3) is 4.26. The fourth-order valence-corrected chi connectivity index (χ4v) is 3.68. The van der Waals surface area contributed by atoms with E-state index in [-0.39, 0.29) is 11.6 Å². The zero-order valence-corrected chi connectivity index (χ0v) is 17.2. The Morgan fingerprint density at radius 1 is 1.07 bits per heavy atom. The van der Waals surface area contributed by atoms with E-state index < -0.39 is 0 Å². The number of nitrogens with zero attached hydrogens (tertiary/aromatic N) is 5. The SMILES string of the molecule is Cc1cc(NC(=O)c2cn(-c3ccccc3Cl)nn2)ccc1N1CCN(C)CC1. The standard InChI is InChI=1S/C21H23ClN6O/c1-15-13-16(7-8-19(15)27-11-9-26(2)10-12-27)23-21(29)18-14-28(25-24-18)20-6-4-3-5-17(20)22/h3-8,13-14H,9-12H2,1-2H3,(H,23,29). The van der Waals surface area contributed by atoms with Gasteiger partial charge in [0.05, 0.1) is 16.9 Å². The molecule has 3 aromatic rings. The third-order valence-corrected chi connectivity index (χ3v) is 5.44. The van der Waals surface area contributed by atoms with E-state index in [1.165, 1.54) is 10.4 Å². The first-order valence-corrected chi connectivity index (χ1v) is 9.92. The predicted octanol–water partition coefficient (Wildman–Crippen LogP) is 3.23. The topological polar surface area (TPSA) is 66.3 Å². The van der Waals surface area contributed by atoms with E-state index in [2.05, 4.69) is 45.5 Å². The second-order valence-electron chi connectivity index (χ2n) is 7.25. The molecule has 7 nitrogen and oxygen atoms in total. The Labute approximate surface area is 174 Å². The van der Waals surface area contributed by atoms with E-state index >= 15 is 0 Å². The van der Waals surface area contributed by atoms with Crippen LogP contribution in [-0.4, -0.2) is 59.0 Å². The van der Waals surface area contributed by atoms with Crippen molar-refractivity contribution in [2.45, 2.75) is 6.92 Å². The van der Waals surface area contributed by atoms with Crippen molar-refractivity contribution in [2.24, 2.45) is 0 Å². The monoisotopic (exact) mass is 410 g/mol. The number of benzene rings is 2. The quantitative estimate of drug-likeness (QED) is 0.715. The predicted molar refractivity (Wildman–Crippen MR) is 115 cm³/mol. The minimum absolute atomic E-state index is 0.228. The molecule has 0 radical (unpaired) electrons. The Kier molecular flexibility index (Phi) is 5.51. The lowest BCUT2D eigenvalue weighted by Gasteiger charge is -2.35. The number of hydrogen-bond acceptors (Lipinski definition) is 5. The molecule has 0 spiro atoms. The number of nitrogens with one attached hydrogen (secondary N) is 1. The largest absolute Gasteiger partial charge is 0.369 e. The van der Waals surface area contributed by atoms with Crippen LogP contribution in [0.15, 0.2) is 48.7 Å². The van der Waals surface area contributed by atoms with Gasteiger partial charge in [-0.2, -0.15) is 0 Å². The summed E-state index contributed by atoms with van der Waals surface area (Å²) in [4.78, 5) is 17.3. The molecule has 1 aliphatic heterocycles. The first-order chi connectivity index (χ1) is 14.0. The highest BCUT2D eigenvalue weighted by Gasteiger charge is 2.17. The molecule has 29 heavy (non-hydrogen) atoms. The zero-order chi connectivity index (χ0) is 20.4. The Morgan fingerprint density at radius 2 is 1.83 bits per heavy atom. The Morgan fingerprint density at radius 3 is 2.55 bits per heavy atom. The second kappa shape index (κ2) is 8.23. The molecular weight excluding hydrogens is 388 g/mol. The molecular formula is C21H23ClN6O. The van der Waals surface area contributed by atoms with Crippen LogP contribution in [0.3, 0.4) is 0 Å². The van der Waals surface area contributed by atoms with Crippen molar-refractivity contribution in [3.63, 3.8) is 0 Å². The van der Waals surface area contributed by atoms with Gasteiger partial charge in [-0.3, -0.25) is 4.79 Å². The molecule has 0 bridgehead atoms. The lowest BCUT2D eigenvalue weighted by Crippen LogP contribution is -2.44. The maximum Gasteiger partial charge on any atom is 0.277 e. The number of hydrogen-bond donors (Lipinski definition) is 1. The smallest absolute Gasteiger partial charge is 0.277 e. The fourth-order valence-electron chi connectivity index (χ4n) is 3.45. The van der Waals surface area contributed by atoms with Crippen LogP contribution in [0.2, 0.25) is 5.02 Å². The van der Waals surface area contributed by atoms with Crippen LogP contribution < -0.4 is 10.2 Å². The van der Waals surface area contributed by atoms with Gasteiger partial charge < -0.3 is 15.1 Å². The van der Waals surface area contributed by atoms with Crippen molar-refractivity contribution in [1.29, 1.82) is 0 Å². The summed E-state index contributed by atoms with van der Waals surface area (Å²) in [5, 5.41) is 11.4. The van der Waals surface area contributed by atoms with Crippen molar-refractivity contribution >= 4 is 28.9 Å². The summed E-state index contributed by atoms with van der Waals surface area (Å²) < 4.78 is 1.50. The minimum Gasteiger partial charge on any atom is -0.369 e. The summed E-state index contributed by atoms with van der Waals surface area (Å²) in [7, 11) is 2.14. The highest BCUT2D eigenvalue weighted by atomic mass is 35.5. The highest BCUT2D eigenvalue weighted by molar-refractivity contribution is 6.32. The number of likely N-dealkylation sites (N-methyl/N-ethyl adjacent to an activating group) is 1. The Balaban J connectivity index is 1.46. The minimum atomic E-state index is -0.310. The number of para-hydroxylation sites is 1. The normalized spacial score (nSPS) is 14.8. The Bertz CT molecular complexity index is 1030. The summed E-state index contributed by atoms with van der Waals surface area (Å²) in [5.41, 5.74) is 3.98. The number of carbonyl (C=O) groups excluding carboxylic acids is 1. The molecule has 0 atom stereocenters.